The van der Waals surface area contributed by atoms with Crippen molar-refractivity contribution in [1.29, 1.82) is 0 Å². The predicted molar refractivity (Wildman–Crippen MR) is 135 cm³/mol. The summed E-state index contributed by atoms with van der Waals surface area (Å²) in [4.78, 5) is 9.09. The van der Waals surface area contributed by atoms with E-state index >= 15 is 0 Å². The molecule has 0 bridgehead atoms. The molecule has 0 aliphatic carbocycles. The minimum atomic E-state index is -4.41. The van der Waals surface area contributed by atoms with E-state index in [1.807, 2.05) is 34.9 Å². The van der Waals surface area contributed by atoms with Crippen LogP contribution >= 0.6 is 12.2 Å². The normalized spacial score (nSPS) is 21.1. The van der Waals surface area contributed by atoms with Gasteiger partial charge in [-0.15, -0.1) is 0 Å². The van der Waals surface area contributed by atoms with Crippen molar-refractivity contribution in [3.8, 4) is 5.69 Å². The molecule has 2 aliphatic rings. The minimum Gasteiger partial charge on any atom is -0.379 e. The van der Waals surface area contributed by atoms with Gasteiger partial charge in [-0.1, -0.05) is 12.1 Å². The van der Waals surface area contributed by atoms with E-state index in [0.717, 1.165) is 56.7 Å². The highest BCUT2D eigenvalue weighted by molar-refractivity contribution is 7.80. The second-order valence-corrected chi connectivity index (χ2v) is 9.37. The summed E-state index contributed by atoms with van der Waals surface area (Å²) in [6.45, 7) is 4.97. The first-order valence-corrected chi connectivity index (χ1v) is 12.5. The summed E-state index contributed by atoms with van der Waals surface area (Å²) in [5.41, 5.74) is 1.46. The van der Waals surface area contributed by atoms with E-state index in [-0.39, 0.29) is 12.1 Å². The molecule has 2 aromatic heterocycles. The third-order valence-corrected chi connectivity index (χ3v) is 7.06. The molecule has 5 rings (SSSR count). The summed E-state index contributed by atoms with van der Waals surface area (Å²) >= 11 is 5.76. The standard InChI is InChI=1S/C26H28F3N5OS/c27-26(28,29)19-6-3-7-20(18-19)33-12-4-9-22(33)24-23(21-8-1-2-10-30-21)31-25(36)34(24)13-5-11-32-14-16-35-17-15-32/h1-4,6-10,12,18,23-24H,5,11,13-17H2,(H,31,36)/t23-,24+/m1/s1. The molecule has 2 atom stereocenters. The van der Waals surface area contributed by atoms with Crippen molar-refractivity contribution in [2.75, 3.05) is 39.4 Å². The number of thiocarbonyl (C=S) groups is 1. The molecule has 0 unspecified atom stereocenters. The molecule has 0 saturated carbocycles. The number of ether oxygens (including phenoxy) is 1. The first-order valence-electron chi connectivity index (χ1n) is 12.0. The minimum absolute atomic E-state index is 0.235. The highest BCUT2D eigenvalue weighted by Crippen LogP contribution is 2.40. The highest BCUT2D eigenvalue weighted by atomic mass is 32.1. The van der Waals surface area contributed by atoms with Gasteiger partial charge in [0.15, 0.2) is 5.11 Å². The van der Waals surface area contributed by atoms with Crippen molar-refractivity contribution in [3.63, 3.8) is 0 Å². The van der Waals surface area contributed by atoms with Crippen molar-refractivity contribution in [1.82, 2.24) is 24.7 Å². The van der Waals surface area contributed by atoms with E-state index in [1.165, 1.54) is 12.1 Å². The van der Waals surface area contributed by atoms with Gasteiger partial charge in [0.2, 0.25) is 0 Å². The summed E-state index contributed by atoms with van der Waals surface area (Å²) in [5.74, 6) is 0. The molecule has 1 N–H and O–H groups in total. The zero-order valence-electron chi connectivity index (χ0n) is 19.7. The molecule has 2 fully saturated rings. The Morgan fingerprint density at radius 3 is 2.61 bits per heavy atom. The maximum atomic E-state index is 13.4. The van der Waals surface area contributed by atoms with E-state index in [9.17, 15) is 13.2 Å². The highest BCUT2D eigenvalue weighted by Gasteiger charge is 2.41. The Bertz CT molecular complexity index is 1180. The zero-order valence-corrected chi connectivity index (χ0v) is 20.5. The number of pyridine rings is 1. The van der Waals surface area contributed by atoms with Gasteiger partial charge in [-0.05, 0) is 61.1 Å². The van der Waals surface area contributed by atoms with Gasteiger partial charge >= 0.3 is 6.18 Å². The molecule has 1 aromatic carbocycles. The average Bonchev–Trinajstić information content (AvgIpc) is 3.49. The third-order valence-electron chi connectivity index (χ3n) is 6.71. The van der Waals surface area contributed by atoms with Gasteiger partial charge in [0.25, 0.3) is 0 Å². The van der Waals surface area contributed by atoms with Crippen LogP contribution in [0, 0.1) is 0 Å². The fraction of sp³-hybridized carbons (Fsp3) is 0.385. The molecule has 36 heavy (non-hydrogen) atoms. The van der Waals surface area contributed by atoms with Gasteiger partial charge in [0.1, 0.15) is 0 Å². The number of hydrogen-bond acceptors (Lipinski definition) is 4. The molecular weight excluding hydrogens is 487 g/mol. The lowest BCUT2D eigenvalue weighted by atomic mass is 10.0. The van der Waals surface area contributed by atoms with Gasteiger partial charge in [0, 0.05) is 50.0 Å². The number of aromatic nitrogens is 2. The molecule has 0 radical (unpaired) electrons. The van der Waals surface area contributed by atoms with E-state index in [0.29, 0.717) is 17.3 Å². The van der Waals surface area contributed by atoms with Crippen LogP contribution < -0.4 is 5.32 Å². The van der Waals surface area contributed by atoms with Gasteiger partial charge in [-0.2, -0.15) is 13.2 Å². The second-order valence-electron chi connectivity index (χ2n) is 8.98. The van der Waals surface area contributed by atoms with Crippen LogP contribution in [0.2, 0.25) is 0 Å². The number of alkyl halides is 3. The molecule has 4 heterocycles. The van der Waals surface area contributed by atoms with Crippen molar-refractivity contribution in [2.45, 2.75) is 24.7 Å². The van der Waals surface area contributed by atoms with Crippen LogP contribution in [0.5, 0.6) is 0 Å². The molecule has 2 saturated heterocycles. The number of nitrogens with zero attached hydrogens (tertiary/aromatic N) is 4. The number of benzene rings is 1. The Balaban J connectivity index is 1.47. The predicted octanol–water partition coefficient (Wildman–Crippen LogP) is 4.59. The van der Waals surface area contributed by atoms with Crippen LogP contribution in [0.4, 0.5) is 13.2 Å². The number of nitrogens with one attached hydrogen (secondary N) is 1. The SMILES string of the molecule is FC(F)(F)c1cccc(-n2cccc2[C@H]2[C@@H](c3ccccn3)NC(=S)N2CCCN2CCOCC2)c1. The maximum Gasteiger partial charge on any atom is 0.416 e. The molecule has 6 nitrogen and oxygen atoms in total. The summed E-state index contributed by atoms with van der Waals surface area (Å²) < 4.78 is 47.6. The Hall–Kier alpha value is -2.95. The second kappa shape index (κ2) is 10.6. The lowest BCUT2D eigenvalue weighted by molar-refractivity contribution is -0.137. The van der Waals surface area contributed by atoms with E-state index in [4.69, 9.17) is 17.0 Å². The van der Waals surface area contributed by atoms with Crippen molar-refractivity contribution >= 4 is 17.3 Å². The lowest BCUT2D eigenvalue weighted by Gasteiger charge is -2.31. The number of rotatable bonds is 7. The lowest BCUT2D eigenvalue weighted by Crippen LogP contribution is -2.39. The number of morpholine rings is 1. The van der Waals surface area contributed by atoms with E-state index < -0.39 is 11.7 Å². The van der Waals surface area contributed by atoms with Crippen molar-refractivity contribution in [3.05, 3.63) is 83.9 Å². The van der Waals surface area contributed by atoms with Crippen LogP contribution in [0.25, 0.3) is 5.69 Å². The average molecular weight is 516 g/mol. The summed E-state index contributed by atoms with van der Waals surface area (Å²) in [6.07, 6.45) is 0.0248. The van der Waals surface area contributed by atoms with Crippen LogP contribution in [0.1, 0.15) is 35.5 Å². The van der Waals surface area contributed by atoms with Crippen LogP contribution in [0.15, 0.2) is 67.0 Å². The molecule has 10 heteroatoms. The van der Waals surface area contributed by atoms with Gasteiger partial charge < -0.3 is 19.5 Å². The maximum absolute atomic E-state index is 13.4. The molecule has 0 amide bonds. The number of halogens is 3. The van der Waals surface area contributed by atoms with Crippen LogP contribution in [0.3, 0.4) is 0 Å². The summed E-state index contributed by atoms with van der Waals surface area (Å²) in [6, 6.07) is 14.5. The zero-order chi connectivity index (χ0) is 25.1. The third kappa shape index (κ3) is 5.25. The van der Waals surface area contributed by atoms with Crippen molar-refractivity contribution in [2.24, 2.45) is 0 Å². The first kappa shape index (κ1) is 24.7. The molecule has 2 aliphatic heterocycles. The topological polar surface area (TPSA) is 45.6 Å². The fourth-order valence-electron chi connectivity index (χ4n) is 4.96. The Morgan fingerprint density at radius 2 is 1.86 bits per heavy atom. The quantitative estimate of drug-likeness (QED) is 0.465. The summed E-state index contributed by atoms with van der Waals surface area (Å²) in [7, 11) is 0. The van der Waals surface area contributed by atoms with E-state index in [1.54, 1.807) is 18.5 Å². The molecule has 190 valence electrons. The Labute approximate surface area is 213 Å². The van der Waals surface area contributed by atoms with Crippen molar-refractivity contribution < 1.29 is 17.9 Å². The Morgan fingerprint density at radius 1 is 1.03 bits per heavy atom. The largest absolute Gasteiger partial charge is 0.416 e. The summed E-state index contributed by atoms with van der Waals surface area (Å²) in [5, 5.41) is 4.05. The van der Waals surface area contributed by atoms with Gasteiger partial charge in [-0.3, -0.25) is 9.88 Å². The Kier molecular flexibility index (Phi) is 7.27. The fourth-order valence-corrected chi connectivity index (χ4v) is 5.29. The smallest absolute Gasteiger partial charge is 0.379 e. The van der Waals surface area contributed by atoms with Crippen LogP contribution in [-0.4, -0.2) is 63.9 Å². The molecule has 0 spiro atoms. The molecular formula is C26H28F3N5OS. The first-order chi connectivity index (χ1) is 17.4. The van der Waals surface area contributed by atoms with Gasteiger partial charge in [-0.25, -0.2) is 0 Å². The molecule has 3 aromatic rings. The van der Waals surface area contributed by atoms with Gasteiger partial charge in [0.05, 0.1) is 36.6 Å². The van der Waals surface area contributed by atoms with Crippen LogP contribution in [-0.2, 0) is 10.9 Å². The monoisotopic (exact) mass is 515 g/mol. The van der Waals surface area contributed by atoms with E-state index in [2.05, 4.69) is 20.1 Å². The number of hydrogen-bond donors (Lipinski definition) is 1.